The fourth-order valence-electron chi connectivity index (χ4n) is 1.36. The van der Waals surface area contributed by atoms with Gasteiger partial charge >= 0.3 is 0 Å². The van der Waals surface area contributed by atoms with Gasteiger partial charge in [0.25, 0.3) is 5.91 Å². The highest BCUT2D eigenvalue weighted by Gasteiger charge is 2.04. The highest BCUT2D eigenvalue weighted by Crippen LogP contribution is 2.19. The Kier molecular flexibility index (Phi) is 2.55. The zero-order valence-corrected chi connectivity index (χ0v) is 8.42. The molecule has 0 bridgehead atoms. The summed E-state index contributed by atoms with van der Waals surface area (Å²) in [5, 5.41) is 9.15. The van der Waals surface area contributed by atoms with E-state index in [4.69, 9.17) is 10.8 Å². The third-order valence-electron chi connectivity index (χ3n) is 2.16. The number of carbonyl (C=O) groups is 1. The van der Waals surface area contributed by atoms with Crippen molar-refractivity contribution < 1.29 is 9.90 Å². The van der Waals surface area contributed by atoms with E-state index in [0.29, 0.717) is 5.69 Å². The minimum atomic E-state index is -0.555. The lowest BCUT2D eigenvalue weighted by Crippen LogP contribution is -2.12. The minimum absolute atomic E-state index is 0.190. The first-order chi connectivity index (χ1) is 7.66. The Morgan fingerprint density at radius 3 is 2.44 bits per heavy atom. The molecule has 0 aliphatic heterocycles. The van der Waals surface area contributed by atoms with E-state index in [-0.39, 0.29) is 11.4 Å². The summed E-state index contributed by atoms with van der Waals surface area (Å²) in [5.41, 5.74) is 6.84. The van der Waals surface area contributed by atoms with E-state index in [9.17, 15) is 4.79 Å². The molecule has 4 nitrogen and oxygen atoms in total. The third kappa shape index (κ3) is 2.00. The van der Waals surface area contributed by atoms with Crippen LogP contribution < -0.4 is 5.73 Å². The van der Waals surface area contributed by atoms with Crippen LogP contribution in [0.2, 0.25) is 0 Å². The first-order valence-electron chi connectivity index (χ1n) is 4.73. The molecular formula is C12H10N2O2. The highest BCUT2D eigenvalue weighted by atomic mass is 16.3. The van der Waals surface area contributed by atoms with Gasteiger partial charge in [0, 0.05) is 5.56 Å². The van der Waals surface area contributed by atoms with Crippen molar-refractivity contribution in [2.24, 2.45) is 5.73 Å². The summed E-state index contributed by atoms with van der Waals surface area (Å²) in [4.78, 5) is 15.1. The van der Waals surface area contributed by atoms with Crippen LogP contribution in [0.1, 0.15) is 10.5 Å². The molecule has 0 atom stereocenters. The summed E-state index contributed by atoms with van der Waals surface area (Å²) in [5.74, 6) is -0.365. The van der Waals surface area contributed by atoms with Gasteiger partial charge in [-0.1, -0.05) is 6.07 Å². The second kappa shape index (κ2) is 4.02. The van der Waals surface area contributed by atoms with Gasteiger partial charge in [0.1, 0.15) is 11.4 Å². The first-order valence-corrected chi connectivity index (χ1v) is 4.73. The molecule has 0 unspecified atom stereocenters. The molecule has 0 radical (unpaired) electrons. The van der Waals surface area contributed by atoms with Crippen LogP contribution in [0.15, 0.2) is 42.5 Å². The number of rotatable bonds is 2. The normalized spacial score (nSPS) is 10.0. The molecule has 2 aromatic rings. The third-order valence-corrected chi connectivity index (χ3v) is 2.16. The molecule has 0 aliphatic carbocycles. The largest absolute Gasteiger partial charge is 0.508 e. The summed E-state index contributed by atoms with van der Waals surface area (Å²) in [6.45, 7) is 0. The number of hydrogen-bond donors (Lipinski definition) is 2. The molecule has 80 valence electrons. The van der Waals surface area contributed by atoms with Gasteiger partial charge in [0.15, 0.2) is 0 Å². The zero-order valence-electron chi connectivity index (χ0n) is 8.42. The molecule has 1 aromatic heterocycles. The van der Waals surface area contributed by atoms with E-state index >= 15 is 0 Å². The molecule has 0 fully saturated rings. The lowest BCUT2D eigenvalue weighted by atomic mass is 10.1. The van der Waals surface area contributed by atoms with Crippen LogP contribution in [0.3, 0.4) is 0 Å². The maximum atomic E-state index is 11.0. The smallest absolute Gasteiger partial charge is 0.267 e. The summed E-state index contributed by atoms with van der Waals surface area (Å²) >= 11 is 0. The Bertz CT molecular complexity index is 521. The highest BCUT2D eigenvalue weighted by molar-refractivity contribution is 5.91. The molecular weight excluding hydrogens is 204 g/mol. The van der Waals surface area contributed by atoms with Crippen LogP contribution in [0.4, 0.5) is 0 Å². The predicted molar refractivity (Wildman–Crippen MR) is 59.9 cm³/mol. The lowest BCUT2D eigenvalue weighted by Gasteiger charge is -2.02. The second-order valence-corrected chi connectivity index (χ2v) is 3.32. The summed E-state index contributed by atoms with van der Waals surface area (Å²) in [6.07, 6.45) is 0. The van der Waals surface area contributed by atoms with E-state index in [1.54, 1.807) is 42.5 Å². The van der Waals surface area contributed by atoms with Crippen LogP contribution in [-0.4, -0.2) is 16.0 Å². The van der Waals surface area contributed by atoms with Crippen LogP contribution >= 0.6 is 0 Å². The summed E-state index contributed by atoms with van der Waals surface area (Å²) in [6, 6.07) is 11.6. The van der Waals surface area contributed by atoms with Crippen molar-refractivity contribution in [3.63, 3.8) is 0 Å². The van der Waals surface area contributed by atoms with Crippen LogP contribution in [0.5, 0.6) is 5.75 Å². The Balaban J connectivity index is 2.44. The number of amides is 1. The van der Waals surface area contributed by atoms with Gasteiger partial charge in [-0.3, -0.25) is 4.79 Å². The van der Waals surface area contributed by atoms with Crippen molar-refractivity contribution in [3.8, 4) is 17.0 Å². The Hall–Kier alpha value is -2.36. The average Bonchev–Trinajstić information content (AvgIpc) is 2.30. The van der Waals surface area contributed by atoms with Crippen molar-refractivity contribution in [1.29, 1.82) is 0 Å². The topological polar surface area (TPSA) is 76.2 Å². The molecule has 0 saturated heterocycles. The Morgan fingerprint density at radius 2 is 1.81 bits per heavy atom. The number of benzene rings is 1. The van der Waals surface area contributed by atoms with Crippen LogP contribution in [0.25, 0.3) is 11.3 Å². The van der Waals surface area contributed by atoms with Crippen molar-refractivity contribution in [2.75, 3.05) is 0 Å². The number of carbonyl (C=O) groups excluding carboxylic acids is 1. The maximum Gasteiger partial charge on any atom is 0.267 e. The molecule has 16 heavy (non-hydrogen) atoms. The molecule has 1 amide bonds. The van der Waals surface area contributed by atoms with E-state index in [1.807, 2.05) is 0 Å². The minimum Gasteiger partial charge on any atom is -0.508 e. The van der Waals surface area contributed by atoms with Crippen LogP contribution in [-0.2, 0) is 0 Å². The lowest BCUT2D eigenvalue weighted by molar-refractivity contribution is 0.0995. The quantitative estimate of drug-likeness (QED) is 0.796. The van der Waals surface area contributed by atoms with Gasteiger partial charge in [0.05, 0.1) is 5.69 Å². The van der Waals surface area contributed by atoms with Crippen molar-refractivity contribution in [2.45, 2.75) is 0 Å². The van der Waals surface area contributed by atoms with Crippen molar-refractivity contribution >= 4 is 5.91 Å². The number of phenols is 1. The molecule has 1 heterocycles. The fraction of sp³-hybridized carbons (Fsp3) is 0. The average molecular weight is 214 g/mol. The summed E-state index contributed by atoms with van der Waals surface area (Å²) < 4.78 is 0. The Morgan fingerprint density at radius 1 is 1.12 bits per heavy atom. The number of hydrogen-bond acceptors (Lipinski definition) is 3. The van der Waals surface area contributed by atoms with Crippen LogP contribution in [0, 0.1) is 0 Å². The van der Waals surface area contributed by atoms with Crippen molar-refractivity contribution in [1.82, 2.24) is 4.98 Å². The predicted octanol–water partition coefficient (Wildman–Crippen LogP) is 1.55. The van der Waals surface area contributed by atoms with Gasteiger partial charge < -0.3 is 10.8 Å². The maximum absolute atomic E-state index is 11.0. The second-order valence-electron chi connectivity index (χ2n) is 3.32. The van der Waals surface area contributed by atoms with Gasteiger partial charge in [-0.2, -0.15) is 0 Å². The molecule has 0 aliphatic rings. The number of primary amides is 1. The van der Waals surface area contributed by atoms with Crippen molar-refractivity contribution in [3.05, 3.63) is 48.2 Å². The molecule has 4 heteroatoms. The fourth-order valence-corrected chi connectivity index (χ4v) is 1.36. The Labute approximate surface area is 92.4 Å². The number of aromatic hydroxyl groups is 1. The van der Waals surface area contributed by atoms with Gasteiger partial charge in [0.2, 0.25) is 0 Å². The van der Waals surface area contributed by atoms with E-state index in [2.05, 4.69) is 4.98 Å². The molecule has 2 rings (SSSR count). The van der Waals surface area contributed by atoms with E-state index in [0.717, 1.165) is 5.56 Å². The number of pyridine rings is 1. The molecule has 1 aromatic carbocycles. The molecule has 0 saturated carbocycles. The molecule has 0 spiro atoms. The van der Waals surface area contributed by atoms with Gasteiger partial charge in [-0.05, 0) is 36.4 Å². The summed E-state index contributed by atoms with van der Waals surface area (Å²) in [7, 11) is 0. The number of nitrogens with zero attached hydrogens (tertiary/aromatic N) is 1. The molecule has 3 N–H and O–H groups in total. The number of nitrogens with two attached hydrogens (primary N) is 1. The number of phenolic OH excluding ortho intramolecular Hbond substituents is 1. The van der Waals surface area contributed by atoms with E-state index in [1.165, 1.54) is 0 Å². The van der Waals surface area contributed by atoms with Gasteiger partial charge in [-0.15, -0.1) is 0 Å². The SMILES string of the molecule is NC(=O)c1cccc(-c2ccc(O)cc2)n1. The monoisotopic (exact) mass is 214 g/mol. The van der Waals surface area contributed by atoms with E-state index < -0.39 is 5.91 Å². The van der Waals surface area contributed by atoms with Gasteiger partial charge in [-0.25, -0.2) is 4.98 Å². The first kappa shape index (κ1) is 10.2. The standard InChI is InChI=1S/C12H10N2O2/c13-12(16)11-3-1-2-10(14-11)8-4-6-9(15)7-5-8/h1-7,15H,(H2,13,16). The zero-order chi connectivity index (χ0) is 11.5. The number of aromatic nitrogens is 1.